The van der Waals surface area contributed by atoms with E-state index in [2.05, 4.69) is 14.1 Å². The number of nitro benzene ring substituents is 1. The molecule has 0 saturated heterocycles. The van der Waals surface area contributed by atoms with Crippen molar-refractivity contribution in [1.29, 1.82) is 0 Å². The van der Waals surface area contributed by atoms with Crippen molar-refractivity contribution in [3.8, 4) is 0 Å². The third-order valence-electron chi connectivity index (χ3n) is 2.13. The fourth-order valence-electron chi connectivity index (χ4n) is 1.22. The second-order valence-electron chi connectivity index (χ2n) is 3.08. The molecule has 0 amide bonds. The molecule has 1 aromatic rings. The number of hydrogen-bond donors (Lipinski definition) is 1. The van der Waals surface area contributed by atoms with Crippen LogP contribution in [0.3, 0.4) is 0 Å². The molecule has 0 fully saturated rings. The molecular weight excluding hydrogens is 247 g/mol. The fraction of sp³-hybridized carbons (Fsp3) is 0.333. The molecule has 1 rings (SSSR count). The first-order valence-corrected chi connectivity index (χ1v) is 6.25. The van der Waals surface area contributed by atoms with E-state index in [1.807, 2.05) is 0 Å². The Bertz CT molecular complexity index is 443. The second kappa shape index (κ2) is 5.88. The normalized spacial score (nSPS) is 11.4. The molecule has 1 aromatic carbocycles. The maximum atomic E-state index is 11.7. The van der Waals surface area contributed by atoms with Gasteiger partial charge in [0.2, 0.25) is 0 Å². The van der Waals surface area contributed by atoms with Gasteiger partial charge in [0.05, 0.1) is 4.92 Å². The summed E-state index contributed by atoms with van der Waals surface area (Å²) in [6.07, 6.45) is 0. The van der Waals surface area contributed by atoms with Crippen molar-refractivity contribution in [2.45, 2.75) is 6.54 Å². The maximum absolute atomic E-state index is 11.7. The van der Waals surface area contributed by atoms with Crippen LogP contribution in [0.5, 0.6) is 0 Å². The van der Waals surface area contributed by atoms with E-state index in [0.29, 0.717) is 5.56 Å². The first-order valence-electron chi connectivity index (χ1n) is 4.71. The van der Waals surface area contributed by atoms with Crippen LogP contribution in [0, 0.1) is 10.1 Å². The molecule has 0 heterocycles. The van der Waals surface area contributed by atoms with E-state index in [1.165, 1.54) is 20.3 Å². The minimum absolute atomic E-state index is 0.0239. The van der Waals surface area contributed by atoms with Gasteiger partial charge in [-0.25, -0.2) is 9.65 Å². The average molecular weight is 260 g/mol. The standard InChI is InChI=1S/C9H13N2O5P/c1-15-17(14,16-2)10-7-8-5-3-4-6-9(8)11(12)13/h3-6H,7H2,1-2H3,(H,10,14). The van der Waals surface area contributed by atoms with E-state index in [4.69, 9.17) is 0 Å². The van der Waals surface area contributed by atoms with Gasteiger partial charge in [-0.05, 0) is 0 Å². The summed E-state index contributed by atoms with van der Waals surface area (Å²) in [5.41, 5.74) is 0.366. The molecular formula is C9H13N2O5P. The van der Waals surface area contributed by atoms with Crippen molar-refractivity contribution < 1.29 is 18.5 Å². The molecule has 0 bridgehead atoms. The minimum Gasteiger partial charge on any atom is -0.300 e. The zero-order chi connectivity index (χ0) is 12.9. The van der Waals surface area contributed by atoms with Gasteiger partial charge in [-0.3, -0.25) is 10.1 Å². The maximum Gasteiger partial charge on any atom is 0.405 e. The molecule has 0 radical (unpaired) electrons. The number of rotatable bonds is 6. The summed E-state index contributed by atoms with van der Waals surface area (Å²) < 4.78 is 21.0. The van der Waals surface area contributed by atoms with Crippen LogP contribution in [0.25, 0.3) is 0 Å². The fourth-order valence-corrected chi connectivity index (χ4v) is 2.00. The number of benzene rings is 1. The van der Waals surface area contributed by atoms with Gasteiger partial charge < -0.3 is 9.05 Å². The van der Waals surface area contributed by atoms with Crippen LogP contribution < -0.4 is 5.09 Å². The summed E-state index contributed by atoms with van der Waals surface area (Å²) >= 11 is 0. The van der Waals surface area contributed by atoms with Gasteiger partial charge in [-0.2, -0.15) is 0 Å². The monoisotopic (exact) mass is 260 g/mol. The zero-order valence-electron chi connectivity index (χ0n) is 9.45. The summed E-state index contributed by atoms with van der Waals surface area (Å²) in [6.45, 7) is 0.0239. The van der Waals surface area contributed by atoms with Gasteiger partial charge in [-0.15, -0.1) is 0 Å². The molecule has 1 N–H and O–H groups in total. The zero-order valence-corrected chi connectivity index (χ0v) is 10.3. The molecule has 0 aliphatic rings. The van der Waals surface area contributed by atoms with Crippen molar-refractivity contribution >= 4 is 13.4 Å². The summed E-state index contributed by atoms with van der Waals surface area (Å²) in [6, 6.07) is 6.17. The Morgan fingerprint density at radius 3 is 2.47 bits per heavy atom. The molecule has 0 aliphatic carbocycles. The van der Waals surface area contributed by atoms with Crippen molar-refractivity contribution in [3.63, 3.8) is 0 Å². The van der Waals surface area contributed by atoms with Crippen molar-refractivity contribution in [3.05, 3.63) is 39.9 Å². The van der Waals surface area contributed by atoms with E-state index >= 15 is 0 Å². The van der Waals surface area contributed by atoms with E-state index < -0.39 is 12.7 Å². The average Bonchev–Trinajstić information content (AvgIpc) is 2.36. The highest BCUT2D eigenvalue weighted by molar-refractivity contribution is 7.51. The van der Waals surface area contributed by atoms with Crippen LogP contribution in [0.4, 0.5) is 5.69 Å². The first-order chi connectivity index (χ1) is 8.02. The van der Waals surface area contributed by atoms with Crippen LogP contribution in [-0.4, -0.2) is 19.1 Å². The molecule has 94 valence electrons. The van der Waals surface area contributed by atoms with E-state index in [1.54, 1.807) is 18.2 Å². The Hall–Kier alpha value is -1.27. The number of nitrogens with zero attached hydrogens (tertiary/aromatic N) is 1. The Kier molecular flexibility index (Phi) is 4.77. The highest BCUT2D eigenvalue weighted by Crippen LogP contribution is 2.41. The van der Waals surface area contributed by atoms with Crippen LogP contribution in [-0.2, 0) is 20.2 Å². The Morgan fingerprint density at radius 1 is 1.35 bits per heavy atom. The lowest BCUT2D eigenvalue weighted by molar-refractivity contribution is -0.385. The summed E-state index contributed by atoms with van der Waals surface area (Å²) in [4.78, 5) is 10.2. The van der Waals surface area contributed by atoms with Gasteiger partial charge in [-0.1, -0.05) is 18.2 Å². The molecule has 8 heteroatoms. The number of nitrogens with one attached hydrogen (secondary N) is 1. The molecule has 0 saturated carbocycles. The first kappa shape index (κ1) is 13.8. The molecule has 7 nitrogen and oxygen atoms in total. The van der Waals surface area contributed by atoms with Gasteiger partial charge in [0.25, 0.3) is 5.69 Å². The van der Waals surface area contributed by atoms with Gasteiger partial charge in [0.1, 0.15) is 0 Å². The van der Waals surface area contributed by atoms with Crippen LogP contribution in [0.2, 0.25) is 0 Å². The van der Waals surface area contributed by atoms with Crippen LogP contribution in [0.15, 0.2) is 24.3 Å². The lowest BCUT2D eigenvalue weighted by Gasteiger charge is -2.14. The number of nitro groups is 1. The predicted molar refractivity (Wildman–Crippen MR) is 61.6 cm³/mol. The van der Waals surface area contributed by atoms with Crippen LogP contribution >= 0.6 is 7.75 Å². The second-order valence-corrected chi connectivity index (χ2v) is 5.12. The SMILES string of the molecule is COP(=O)(NCc1ccccc1[N+](=O)[O-])OC. The van der Waals surface area contributed by atoms with Crippen molar-refractivity contribution in [2.24, 2.45) is 0 Å². The van der Waals surface area contributed by atoms with E-state index in [0.717, 1.165) is 0 Å². The topological polar surface area (TPSA) is 90.7 Å². The molecule has 0 atom stereocenters. The minimum atomic E-state index is -3.37. The lowest BCUT2D eigenvalue weighted by atomic mass is 10.2. The van der Waals surface area contributed by atoms with Gasteiger partial charge in [0.15, 0.2) is 0 Å². The summed E-state index contributed by atoms with van der Waals surface area (Å²) in [5, 5.41) is 13.2. The van der Waals surface area contributed by atoms with E-state index in [9.17, 15) is 14.7 Å². The lowest BCUT2D eigenvalue weighted by Crippen LogP contribution is -2.13. The Balaban J connectivity index is 2.83. The van der Waals surface area contributed by atoms with Gasteiger partial charge >= 0.3 is 7.75 Å². The highest BCUT2D eigenvalue weighted by Gasteiger charge is 2.22. The third-order valence-corrected chi connectivity index (χ3v) is 3.64. The molecule has 0 aliphatic heterocycles. The quantitative estimate of drug-likeness (QED) is 0.478. The Morgan fingerprint density at radius 2 is 1.94 bits per heavy atom. The summed E-state index contributed by atoms with van der Waals surface area (Å²) in [7, 11) is -0.904. The number of para-hydroxylation sites is 1. The smallest absolute Gasteiger partial charge is 0.300 e. The van der Waals surface area contributed by atoms with Crippen molar-refractivity contribution in [2.75, 3.05) is 14.2 Å². The number of hydrogen-bond acceptors (Lipinski definition) is 5. The molecule has 0 unspecified atom stereocenters. The molecule has 17 heavy (non-hydrogen) atoms. The van der Waals surface area contributed by atoms with Gasteiger partial charge in [0, 0.05) is 32.4 Å². The van der Waals surface area contributed by atoms with Crippen molar-refractivity contribution in [1.82, 2.24) is 5.09 Å². The largest absolute Gasteiger partial charge is 0.405 e. The molecule has 0 spiro atoms. The third kappa shape index (κ3) is 3.61. The van der Waals surface area contributed by atoms with Crippen LogP contribution in [0.1, 0.15) is 5.56 Å². The van der Waals surface area contributed by atoms with E-state index in [-0.39, 0.29) is 12.2 Å². The summed E-state index contributed by atoms with van der Waals surface area (Å²) in [5.74, 6) is 0. The highest BCUT2D eigenvalue weighted by atomic mass is 31.2. The Labute approximate surface area is 98.5 Å². The molecule has 0 aromatic heterocycles. The predicted octanol–water partition coefficient (Wildman–Crippen LogP) is 2.09.